The Morgan fingerprint density at radius 1 is 1.00 bits per heavy atom. The molecule has 1 nitrogen and oxygen atoms in total. The zero-order chi connectivity index (χ0) is 9.99. The van der Waals surface area contributed by atoms with Gasteiger partial charge in [0.2, 0.25) is 0 Å². The standard InChI is InChI=1S/C10H24OSi.H2/c1-8-11-12(9(2,3)4)10(5,6)7;/h12H,8H2,1-7H3;1H. The molecule has 0 aliphatic rings. The van der Waals surface area contributed by atoms with Gasteiger partial charge in [0.1, 0.15) is 0 Å². The molecule has 0 unspecified atom stereocenters. The van der Waals surface area contributed by atoms with E-state index in [0.717, 1.165) is 6.61 Å². The molecule has 0 aromatic heterocycles. The average molecular weight is 190 g/mol. The Balaban J connectivity index is 0. The molecule has 0 aromatic carbocycles. The average Bonchev–Trinajstić information content (AvgIpc) is 1.77. The molecule has 0 heterocycles. The van der Waals surface area contributed by atoms with E-state index in [2.05, 4.69) is 48.5 Å². The lowest BCUT2D eigenvalue weighted by Crippen LogP contribution is -2.38. The van der Waals surface area contributed by atoms with E-state index in [4.69, 9.17) is 4.43 Å². The molecular weight excluding hydrogens is 164 g/mol. The summed E-state index contributed by atoms with van der Waals surface area (Å²) in [7, 11) is -1.11. The minimum atomic E-state index is -1.11. The highest BCUT2D eigenvalue weighted by molar-refractivity contribution is 6.58. The normalized spacial score (nSPS) is 14.0. The van der Waals surface area contributed by atoms with E-state index in [1.807, 2.05) is 0 Å². The van der Waals surface area contributed by atoms with Crippen LogP contribution in [-0.4, -0.2) is 15.6 Å². The topological polar surface area (TPSA) is 9.23 Å². The maximum Gasteiger partial charge on any atom is 0.187 e. The van der Waals surface area contributed by atoms with Crippen LogP contribution in [0.5, 0.6) is 0 Å². The van der Waals surface area contributed by atoms with Crippen LogP contribution < -0.4 is 0 Å². The second-order valence-electron chi connectivity index (χ2n) is 5.57. The van der Waals surface area contributed by atoms with Crippen LogP contribution in [0.2, 0.25) is 10.1 Å². The predicted molar refractivity (Wildman–Crippen MR) is 60.3 cm³/mol. The van der Waals surface area contributed by atoms with E-state index < -0.39 is 9.04 Å². The van der Waals surface area contributed by atoms with Gasteiger partial charge in [-0.05, 0) is 17.0 Å². The van der Waals surface area contributed by atoms with Crippen LogP contribution in [0.3, 0.4) is 0 Å². The molecule has 0 saturated carbocycles. The molecule has 0 atom stereocenters. The molecule has 0 amide bonds. The number of hydrogen-bond donors (Lipinski definition) is 0. The highest BCUT2D eigenvalue weighted by atomic mass is 28.3. The van der Waals surface area contributed by atoms with E-state index in [-0.39, 0.29) is 1.43 Å². The Hall–Kier alpha value is 0.177. The molecule has 0 N–H and O–H groups in total. The van der Waals surface area contributed by atoms with Crippen LogP contribution in [0.1, 0.15) is 49.9 Å². The minimum Gasteiger partial charge on any atom is -0.419 e. The predicted octanol–water partition coefficient (Wildman–Crippen LogP) is 3.59. The van der Waals surface area contributed by atoms with Crippen LogP contribution in [0.15, 0.2) is 0 Å². The van der Waals surface area contributed by atoms with Crippen molar-refractivity contribution in [3.8, 4) is 0 Å². The Morgan fingerprint density at radius 3 is 1.42 bits per heavy atom. The highest BCUT2D eigenvalue weighted by Gasteiger charge is 2.37. The third-order valence-electron chi connectivity index (χ3n) is 1.91. The molecule has 0 aliphatic heterocycles. The Labute approximate surface area is 80.7 Å². The van der Waals surface area contributed by atoms with Gasteiger partial charge in [-0.1, -0.05) is 41.5 Å². The summed E-state index contributed by atoms with van der Waals surface area (Å²) in [6, 6.07) is 0. The first-order valence-corrected chi connectivity index (χ1v) is 6.43. The van der Waals surface area contributed by atoms with Crippen molar-refractivity contribution in [2.24, 2.45) is 0 Å². The zero-order valence-corrected chi connectivity index (χ0v) is 10.8. The second kappa shape index (κ2) is 3.92. The lowest BCUT2D eigenvalue weighted by molar-refractivity contribution is 0.301. The molecule has 0 rings (SSSR count). The minimum absolute atomic E-state index is 0. The molecule has 12 heavy (non-hydrogen) atoms. The quantitative estimate of drug-likeness (QED) is 0.605. The first kappa shape index (κ1) is 12.2. The van der Waals surface area contributed by atoms with Crippen molar-refractivity contribution >= 4 is 9.04 Å². The summed E-state index contributed by atoms with van der Waals surface area (Å²) in [6.07, 6.45) is 0. The van der Waals surface area contributed by atoms with Gasteiger partial charge in [0, 0.05) is 8.03 Å². The lowest BCUT2D eigenvalue weighted by atomic mass is 10.2. The van der Waals surface area contributed by atoms with Crippen LogP contribution in [0.25, 0.3) is 0 Å². The van der Waals surface area contributed by atoms with Crippen molar-refractivity contribution in [3.05, 3.63) is 0 Å². The fourth-order valence-electron chi connectivity index (χ4n) is 1.97. The molecule has 0 radical (unpaired) electrons. The van der Waals surface area contributed by atoms with E-state index in [0.29, 0.717) is 10.1 Å². The molecule has 2 heteroatoms. The first-order chi connectivity index (χ1) is 5.19. The van der Waals surface area contributed by atoms with E-state index in [9.17, 15) is 0 Å². The SMILES string of the molecule is CCO[SiH](C(C)(C)C)C(C)(C)C.[HH]. The van der Waals surface area contributed by atoms with E-state index in [1.165, 1.54) is 0 Å². The Morgan fingerprint density at radius 2 is 1.33 bits per heavy atom. The van der Waals surface area contributed by atoms with Gasteiger partial charge in [0.25, 0.3) is 0 Å². The van der Waals surface area contributed by atoms with Crippen LogP contribution >= 0.6 is 0 Å². The van der Waals surface area contributed by atoms with Gasteiger partial charge in [-0.25, -0.2) is 0 Å². The molecular formula is C10H26OSi. The fraction of sp³-hybridized carbons (Fsp3) is 1.00. The lowest BCUT2D eigenvalue weighted by Gasteiger charge is -2.38. The molecule has 0 fully saturated rings. The van der Waals surface area contributed by atoms with Gasteiger partial charge in [-0.15, -0.1) is 0 Å². The summed E-state index contributed by atoms with van der Waals surface area (Å²) in [5.41, 5.74) is 0. The largest absolute Gasteiger partial charge is 0.419 e. The summed E-state index contributed by atoms with van der Waals surface area (Å²) in [5.74, 6) is 0. The summed E-state index contributed by atoms with van der Waals surface area (Å²) < 4.78 is 5.91. The summed E-state index contributed by atoms with van der Waals surface area (Å²) in [4.78, 5) is 0. The van der Waals surface area contributed by atoms with Gasteiger partial charge in [-0.2, -0.15) is 0 Å². The summed E-state index contributed by atoms with van der Waals surface area (Å²) in [6.45, 7) is 16.7. The van der Waals surface area contributed by atoms with Crippen molar-refractivity contribution in [3.63, 3.8) is 0 Å². The van der Waals surface area contributed by atoms with Crippen molar-refractivity contribution in [2.45, 2.75) is 58.5 Å². The molecule has 0 aliphatic carbocycles. The smallest absolute Gasteiger partial charge is 0.187 e. The van der Waals surface area contributed by atoms with Gasteiger partial charge >= 0.3 is 0 Å². The van der Waals surface area contributed by atoms with Gasteiger partial charge < -0.3 is 4.43 Å². The van der Waals surface area contributed by atoms with Crippen molar-refractivity contribution in [2.75, 3.05) is 6.61 Å². The van der Waals surface area contributed by atoms with Crippen LogP contribution in [0.4, 0.5) is 0 Å². The second-order valence-corrected chi connectivity index (χ2v) is 10.1. The van der Waals surface area contributed by atoms with Crippen molar-refractivity contribution < 1.29 is 5.85 Å². The van der Waals surface area contributed by atoms with Crippen molar-refractivity contribution in [1.29, 1.82) is 0 Å². The molecule has 76 valence electrons. The maximum absolute atomic E-state index is 5.91. The van der Waals surface area contributed by atoms with Gasteiger partial charge in [-0.3, -0.25) is 0 Å². The zero-order valence-electron chi connectivity index (χ0n) is 9.69. The number of hydrogen-bond acceptors (Lipinski definition) is 1. The Kier molecular flexibility index (Phi) is 3.98. The monoisotopic (exact) mass is 190 g/mol. The van der Waals surface area contributed by atoms with E-state index >= 15 is 0 Å². The fourth-order valence-corrected chi connectivity index (χ4v) is 5.90. The van der Waals surface area contributed by atoms with Crippen molar-refractivity contribution in [1.82, 2.24) is 0 Å². The summed E-state index contributed by atoms with van der Waals surface area (Å²) >= 11 is 0. The molecule has 0 saturated heterocycles. The molecule has 0 bridgehead atoms. The van der Waals surface area contributed by atoms with Crippen LogP contribution in [-0.2, 0) is 4.43 Å². The third kappa shape index (κ3) is 3.72. The van der Waals surface area contributed by atoms with Crippen LogP contribution in [0, 0.1) is 0 Å². The molecule has 0 aromatic rings. The van der Waals surface area contributed by atoms with Gasteiger partial charge in [0.15, 0.2) is 9.04 Å². The Bertz CT molecular complexity index is 121. The first-order valence-electron chi connectivity index (χ1n) is 4.81. The maximum atomic E-state index is 5.91. The van der Waals surface area contributed by atoms with Gasteiger partial charge in [0.05, 0.1) is 0 Å². The highest BCUT2D eigenvalue weighted by Crippen LogP contribution is 2.42. The van der Waals surface area contributed by atoms with E-state index in [1.54, 1.807) is 0 Å². The summed E-state index contributed by atoms with van der Waals surface area (Å²) in [5, 5.41) is 0.739. The third-order valence-corrected chi connectivity index (χ3v) is 5.72. The number of rotatable bonds is 2. The molecule has 0 spiro atoms.